The molecule has 0 bridgehead atoms. The molecule has 0 saturated carbocycles. The molecule has 1 heterocycles. The summed E-state index contributed by atoms with van der Waals surface area (Å²) in [6.45, 7) is 10.4. The summed E-state index contributed by atoms with van der Waals surface area (Å²) in [5.41, 5.74) is 5.83. The van der Waals surface area contributed by atoms with Gasteiger partial charge in [0.2, 0.25) is 0 Å². The van der Waals surface area contributed by atoms with Crippen molar-refractivity contribution in [3.05, 3.63) is 34.4 Å². The van der Waals surface area contributed by atoms with Crippen LogP contribution in [0.15, 0.2) is 12.1 Å². The van der Waals surface area contributed by atoms with Crippen molar-refractivity contribution < 1.29 is 0 Å². The molecule has 0 aromatic heterocycles. The zero-order chi connectivity index (χ0) is 13.1. The topological polar surface area (TPSA) is 3.24 Å². The van der Waals surface area contributed by atoms with E-state index in [2.05, 4.69) is 53.7 Å². The van der Waals surface area contributed by atoms with Gasteiger partial charge in [-0.15, -0.1) is 0 Å². The molecule has 0 spiro atoms. The van der Waals surface area contributed by atoms with Crippen molar-refractivity contribution in [2.45, 2.75) is 40.2 Å². The number of benzene rings is 1. The van der Waals surface area contributed by atoms with E-state index >= 15 is 0 Å². The lowest BCUT2D eigenvalue weighted by molar-refractivity contribution is 0.314. The molecule has 1 aliphatic rings. The fourth-order valence-electron chi connectivity index (χ4n) is 3.13. The standard InChI is InChI=1S/C16H24BrN/c1-12-8-13(2)16(14(3)9-12)11-18-7-5-15(10-18)4-6-17/h8-9,15H,4-7,10-11H2,1-3H3. The Morgan fingerprint density at radius 3 is 2.50 bits per heavy atom. The maximum Gasteiger partial charge on any atom is 0.0239 e. The molecule has 2 heteroatoms. The molecular weight excluding hydrogens is 286 g/mol. The second kappa shape index (κ2) is 6.21. The predicted octanol–water partition coefficient (Wildman–Crippen LogP) is 4.22. The van der Waals surface area contributed by atoms with E-state index < -0.39 is 0 Å². The van der Waals surface area contributed by atoms with Crippen LogP contribution in [-0.2, 0) is 6.54 Å². The lowest BCUT2D eigenvalue weighted by atomic mass is 9.99. The summed E-state index contributed by atoms with van der Waals surface area (Å²) < 4.78 is 0. The molecule has 1 nitrogen and oxygen atoms in total. The van der Waals surface area contributed by atoms with Gasteiger partial charge in [-0.2, -0.15) is 0 Å². The molecule has 0 radical (unpaired) electrons. The number of alkyl halides is 1. The van der Waals surface area contributed by atoms with Crippen LogP contribution in [0.1, 0.15) is 35.1 Å². The molecule has 0 amide bonds. The highest BCUT2D eigenvalue weighted by Crippen LogP contribution is 2.24. The van der Waals surface area contributed by atoms with Crippen LogP contribution in [0.3, 0.4) is 0 Å². The zero-order valence-corrected chi connectivity index (χ0v) is 13.4. The molecule has 1 aliphatic heterocycles. The summed E-state index contributed by atoms with van der Waals surface area (Å²) in [7, 11) is 0. The van der Waals surface area contributed by atoms with Gasteiger partial charge < -0.3 is 0 Å². The number of nitrogens with zero attached hydrogens (tertiary/aromatic N) is 1. The maximum absolute atomic E-state index is 3.56. The lowest BCUT2D eigenvalue weighted by Crippen LogP contribution is -2.21. The fourth-order valence-corrected chi connectivity index (χ4v) is 3.78. The van der Waals surface area contributed by atoms with Gasteiger partial charge in [-0.25, -0.2) is 0 Å². The van der Waals surface area contributed by atoms with Crippen LogP contribution >= 0.6 is 15.9 Å². The molecule has 18 heavy (non-hydrogen) atoms. The first kappa shape index (κ1) is 14.1. The number of hydrogen-bond donors (Lipinski definition) is 0. The fraction of sp³-hybridized carbons (Fsp3) is 0.625. The summed E-state index contributed by atoms with van der Waals surface area (Å²) in [4.78, 5) is 2.62. The number of hydrogen-bond acceptors (Lipinski definition) is 1. The number of halogens is 1. The van der Waals surface area contributed by atoms with Crippen molar-refractivity contribution in [2.24, 2.45) is 5.92 Å². The normalized spacial score (nSPS) is 20.6. The monoisotopic (exact) mass is 309 g/mol. The second-order valence-corrected chi connectivity index (χ2v) is 6.54. The van der Waals surface area contributed by atoms with Gasteiger partial charge in [-0.05, 0) is 62.8 Å². The van der Waals surface area contributed by atoms with Crippen LogP contribution < -0.4 is 0 Å². The molecule has 1 unspecified atom stereocenters. The molecule has 0 aliphatic carbocycles. The Morgan fingerprint density at radius 2 is 1.89 bits per heavy atom. The van der Waals surface area contributed by atoms with Crippen LogP contribution in [0.5, 0.6) is 0 Å². The van der Waals surface area contributed by atoms with Crippen molar-refractivity contribution in [3.8, 4) is 0 Å². The average Bonchev–Trinajstić information content (AvgIpc) is 2.72. The zero-order valence-electron chi connectivity index (χ0n) is 11.8. The van der Waals surface area contributed by atoms with Crippen molar-refractivity contribution >= 4 is 15.9 Å². The van der Waals surface area contributed by atoms with Gasteiger partial charge in [0, 0.05) is 18.4 Å². The Bertz CT molecular complexity index is 391. The molecule has 2 rings (SSSR count). The molecule has 1 aromatic carbocycles. The van der Waals surface area contributed by atoms with E-state index in [4.69, 9.17) is 0 Å². The van der Waals surface area contributed by atoms with Crippen molar-refractivity contribution in [1.82, 2.24) is 4.90 Å². The predicted molar refractivity (Wildman–Crippen MR) is 82.4 cm³/mol. The Hall–Kier alpha value is -0.340. The molecule has 1 saturated heterocycles. The van der Waals surface area contributed by atoms with E-state index in [0.717, 1.165) is 17.8 Å². The Labute approximate surface area is 120 Å². The third-order valence-corrected chi connectivity index (χ3v) is 4.57. The van der Waals surface area contributed by atoms with Crippen LogP contribution in [0.2, 0.25) is 0 Å². The van der Waals surface area contributed by atoms with Gasteiger partial charge in [-0.3, -0.25) is 4.90 Å². The minimum absolute atomic E-state index is 0.899. The minimum atomic E-state index is 0.899. The quantitative estimate of drug-likeness (QED) is 0.753. The highest BCUT2D eigenvalue weighted by molar-refractivity contribution is 9.09. The van der Waals surface area contributed by atoms with E-state index in [1.54, 1.807) is 5.56 Å². The van der Waals surface area contributed by atoms with Crippen molar-refractivity contribution in [1.29, 1.82) is 0 Å². The van der Waals surface area contributed by atoms with E-state index in [1.807, 2.05) is 0 Å². The van der Waals surface area contributed by atoms with Gasteiger partial charge in [0.15, 0.2) is 0 Å². The molecule has 1 aromatic rings. The van der Waals surface area contributed by atoms with Gasteiger partial charge >= 0.3 is 0 Å². The van der Waals surface area contributed by atoms with Gasteiger partial charge in [0.05, 0.1) is 0 Å². The van der Waals surface area contributed by atoms with Crippen LogP contribution in [0.4, 0.5) is 0 Å². The molecule has 0 N–H and O–H groups in total. The summed E-state index contributed by atoms with van der Waals surface area (Å²) >= 11 is 3.56. The largest absolute Gasteiger partial charge is 0.299 e. The first-order valence-electron chi connectivity index (χ1n) is 6.95. The summed E-state index contributed by atoms with van der Waals surface area (Å²) in [6, 6.07) is 4.63. The second-order valence-electron chi connectivity index (χ2n) is 5.74. The highest BCUT2D eigenvalue weighted by atomic mass is 79.9. The summed E-state index contributed by atoms with van der Waals surface area (Å²) in [6.07, 6.45) is 2.69. The third-order valence-electron chi connectivity index (χ3n) is 4.11. The lowest BCUT2D eigenvalue weighted by Gasteiger charge is -2.19. The number of likely N-dealkylation sites (tertiary alicyclic amines) is 1. The molecule has 1 fully saturated rings. The van der Waals surface area contributed by atoms with Gasteiger partial charge in [0.1, 0.15) is 0 Å². The van der Waals surface area contributed by atoms with E-state index in [9.17, 15) is 0 Å². The average molecular weight is 310 g/mol. The number of rotatable bonds is 4. The van der Waals surface area contributed by atoms with E-state index in [-0.39, 0.29) is 0 Å². The first-order chi connectivity index (χ1) is 8.60. The molecular formula is C16H24BrN. The number of aryl methyl sites for hydroxylation is 3. The molecule has 100 valence electrons. The van der Waals surface area contributed by atoms with Crippen molar-refractivity contribution in [2.75, 3.05) is 18.4 Å². The first-order valence-corrected chi connectivity index (χ1v) is 8.07. The minimum Gasteiger partial charge on any atom is -0.299 e. The molecule has 1 atom stereocenters. The SMILES string of the molecule is Cc1cc(C)c(CN2CCC(CCBr)C2)c(C)c1. The highest BCUT2D eigenvalue weighted by Gasteiger charge is 2.22. The van der Waals surface area contributed by atoms with Crippen molar-refractivity contribution in [3.63, 3.8) is 0 Å². The Balaban J connectivity index is 2.02. The Kier molecular flexibility index (Phi) is 4.85. The van der Waals surface area contributed by atoms with Crippen LogP contribution in [0.25, 0.3) is 0 Å². The van der Waals surface area contributed by atoms with E-state index in [0.29, 0.717) is 0 Å². The smallest absolute Gasteiger partial charge is 0.0239 e. The summed E-state index contributed by atoms with van der Waals surface area (Å²) in [5, 5.41) is 1.15. The van der Waals surface area contributed by atoms with Gasteiger partial charge in [-0.1, -0.05) is 33.6 Å². The van der Waals surface area contributed by atoms with Gasteiger partial charge in [0.25, 0.3) is 0 Å². The Morgan fingerprint density at radius 1 is 1.22 bits per heavy atom. The third kappa shape index (κ3) is 3.36. The maximum atomic E-state index is 3.56. The van der Waals surface area contributed by atoms with Crippen LogP contribution in [0, 0.1) is 26.7 Å². The van der Waals surface area contributed by atoms with Crippen LogP contribution in [-0.4, -0.2) is 23.3 Å². The summed E-state index contributed by atoms with van der Waals surface area (Å²) in [5.74, 6) is 0.899. The van der Waals surface area contributed by atoms with E-state index in [1.165, 1.54) is 42.6 Å².